The minimum absolute atomic E-state index is 0.413. The van der Waals surface area contributed by atoms with Crippen LogP contribution >= 0.6 is 0 Å². The first-order chi connectivity index (χ1) is 8.11. The molecule has 0 saturated heterocycles. The molecule has 0 saturated carbocycles. The number of methoxy groups -OCH3 is 1. The van der Waals surface area contributed by atoms with Crippen molar-refractivity contribution in [3.8, 4) is 11.4 Å². The Kier molecular flexibility index (Phi) is 3.04. The van der Waals surface area contributed by atoms with Crippen LogP contribution in [0.25, 0.3) is 5.69 Å². The number of hydrogen-bond donors (Lipinski definition) is 1. The number of nitrogens with two attached hydrogens (primary N) is 1. The molecule has 1 heterocycles. The summed E-state index contributed by atoms with van der Waals surface area (Å²) >= 11 is 0. The molecule has 0 aliphatic heterocycles. The minimum Gasteiger partial charge on any atom is -0.494 e. The van der Waals surface area contributed by atoms with E-state index in [0.29, 0.717) is 11.6 Å². The highest BCUT2D eigenvalue weighted by molar-refractivity contribution is 5.55. The lowest BCUT2D eigenvalue weighted by Gasteiger charge is -2.09. The van der Waals surface area contributed by atoms with Gasteiger partial charge in [0, 0.05) is 18.0 Å². The van der Waals surface area contributed by atoms with E-state index in [9.17, 15) is 0 Å². The van der Waals surface area contributed by atoms with Crippen LogP contribution in [0.15, 0.2) is 30.7 Å². The van der Waals surface area contributed by atoms with Gasteiger partial charge < -0.3 is 15.0 Å². The van der Waals surface area contributed by atoms with E-state index in [4.69, 9.17) is 10.5 Å². The normalized spacial score (nSPS) is 10.8. The van der Waals surface area contributed by atoms with Crippen molar-refractivity contribution in [1.82, 2.24) is 9.55 Å². The summed E-state index contributed by atoms with van der Waals surface area (Å²) in [5, 5.41) is 0. The molecular formula is C13H17N3O. The van der Waals surface area contributed by atoms with Gasteiger partial charge in [-0.25, -0.2) is 4.98 Å². The SMILES string of the molecule is COc1cc(N)ccc1-n1cnc(C(C)C)c1. The van der Waals surface area contributed by atoms with Gasteiger partial charge in [0.25, 0.3) is 0 Å². The number of ether oxygens (including phenoxy) is 1. The third-order valence-electron chi connectivity index (χ3n) is 2.68. The molecule has 4 nitrogen and oxygen atoms in total. The standard InChI is InChI=1S/C13H17N3O/c1-9(2)11-7-16(8-15-11)12-5-4-10(14)6-13(12)17-3/h4-9H,14H2,1-3H3. The molecule has 90 valence electrons. The molecule has 17 heavy (non-hydrogen) atoms. The van der Waals surface area contributed by atoms with Gasteiger partial charge in [0.15, 0.2) is 0 Å². The van der Waals surface area contributed by atoms with Crippen LogP contribution in [0.1, 0.15) is 25.5 Å². The van der Waals surface area contributed by atoms with E-state index in [2.05, 4.69) is 18.8 Å². The average molecular weight is 231 g/mol. The molecule has 0 unspecified atom stereocenters. The molecule has 0 aliphatic rings. The van der Waals surface area contributed by atoms with Crippen LogP contribution in [0.3, 0.4) is 0 Å². The molecule has 0 spiro atoms. The predicted molar refractivity (Wildman–Crippen MR) is 68.6 cm³/mol. The van der Waals surface area contributed by atoms with Crippen molar-refractivity contribution < 1.29 is 4.74 Å². The van der Waals surface area contributed by atoms with Gasteiger partial charge in [-0.15, -0.1) is 0 Å². The van der Waals surface area contributed by atoms with Gasteiger partial charge in [-0.3, -0.25) is 0 Å². The van der Waals surface area contributed by atoms with Gasteiger partial charge in [0.1, 0.15) is 5.75 Å². The molecule has 0 radical (unpaired) electrons. The van der Waals surface area contributed by atoms with E-state index in [1.807, 2.05) is 29.0 Å². The highest BCUT2D eigenvalue weighted by atomic mass is 16.5. The Labute approximate surface area is 101 Å². The predicted octanol–water partition coefficient (Wildman–Crippen LogP) is 2.59. The second-order valence-electron chi connectivity index (χ2n) is 4.29. The Hall–Kier alpha value is -1.97. The van der Waals surface area contributed by atoms with Gasteiger partial charge in [-0.1, -0.05) is 13.8 Å². The highest BCUT2D eigenvalue weighted by Crippen LogP contribution is 2.26. The zero-order chi connectivity index (χ0) is 12.4. The lowest BCUT2D eigenvalue weighted by atomic mass is 10.1. The molecule has 2 N–H and O–H groups in total. The van der Waals surface area contributed by atoms with Crippen LogP contribution in [0.5, 0.6) is 5.75 Å². The van der Waals surface area contributed by atoms with Crippen molar-refractivity contribution >= 4 is 5.69 Å². The minimum atomic E-state index is 0.413. The summed E-state index contributed by atoms with van der Waals surface area (Å²) in [5.74, 6) is 1.16. The third-order valence-corrected chi connectivity index (χ3v) is 2.68. The van der Waals surface area contributed by atoms with Crippen LogP contribution in [-0.2, 0) is 0 Å². The Bertz CT molecular complexity index is 517. The fraction of sp³-hybridized carbons (Fsp3) is 0.308. The molecule has 0 fully saturated rings. The molecule has 1 aromatic heterocycles. The molecule has 0 amide bonds. The van der Waals surface area contributed by atoms with Crippen molar-refractivity contribution in [3.05, 3.63) is 36.4 Å². The molecule has 0 aliphatic carbocycles. The molecule has 1 aromatic carbocycles. The molecule has 2 rings (SSSR count). The Balaban J connectivity index is 2.44. The Morgan fingerprint density at radius 3 is 2.71 bits per heavy atom. The zero-order valence-electron chi connectivity index (χ0n) is 10.3. The monoisotopic (exact) mass is 231 g/mol. The van der Waals surface area contributed by atoms with Gasteiger partial charge in [-0.2, -0.15) is 0 Å². The lowest BCUT2D eigenvalue weighted by molar-refractivity contribution is 0.413. The first-order valence-corrected chi connectivity index (χ1v) is 5.59. The van der Waals surface area contributed by atoms with Crippen molar-refractivity contribution in [2.24, 2.45) is 0 Å². The highest BCUT2D eigenvalue weighted by Gasteiger charge is 2.08. The van der Waals surface area contributed by atoms with Crippen molar-refractivity contribution in [2.45, 2.75) is 19.8 Å². The molecule has 2 aromatic rings. The molecule has 0 bridgehead atoms. The summed E-state index contributed by atoms with van der Waals surface area (Å²) in [7, 11) is 1.64. The fourth-order valence-corrected chi connectivity index (χ4v) is 1.68. The topological polar surface area (TPSA) is 53.1 Å². The van der Waals surface area contributed by atoms with Gasteiger partial charge in [0.2, 0.25) is 0 Å². The number of nitrogens with zero attached hydrogens (tertiary/aromatic N) is 2. The molecule has 4 heteroatoms. The van der Waals surface area contributed by atoms with E-state index >= 15 is 0 Å². The van der Waals surface area contributed by atoms with Gasteiger partial charge in [0.05, 0.1) is 24.8 Å². The van der Waals surface area contributed by atoms with Crippen molar-refractivity contribution in [2.75, 3.05) is 12.8 Å². The van der Waals surface area contributed by atoms with E-state index < -0.39 is 0 Å². The lowest BCUT2D eigenvalue weighted by Crippen LogP contribution is -1.97. The maximum Gasteiger partial charge on any atom is 0.144 e. The number of benzene rings is 1. The summed E-state index contributed by atoms with van der Waals surface area (Å²) in [5.41, 5.74) is 8.42. The zero-order valence-corrected chi connectivity index (χ0v) is 10.3. The molecular weight excluding hydrogens is 214 g/mol. The number of anilines is 1. The fourth-order valence-electron chi connectivity index (χ4n) is 1.68. The summed E-state index contributed by atoms with van der Waals surface area (Å²) in [4.78, 5) is 4.37. The first kappa shape index (κ1) is 11.5. The number of aromatic nitrogens is 2. The van der Waals surface area contributed by atoms with E-state index in [1.165, 1.54) is 0 Å². The van der Waals surface area contributed by atoms with Crippen LogP contribution in [-0.4, -0.2) is 16.7 Å². The van der Waals surface area contributed by atoms with E-state index in [0.717, 1.165) is 17.1 Å². The van der Waals surface area contributed by atoms with E-state index in [-0.39, 0.29) is 0 Å². The first-order valence-electron chi connectivity index (χ1n) is 5.59. The summed E-state index contributed by atoms with van der Waals surface area (Å²) in [6.07, 6.45) is 3.81. The largest absolute Gasteiger partial charge is 0.494 e. The second kappa shape index (κ2) is 4.49. The van der Waals surface area contributed by atoms with Crippen molar-refractivity contribution in [1.29, 1.82) is 0 Å². The number of imidazole rings is 1. The average Bonchev–Trinajstić information content (AvgIpc) is 2.78. The second-order valence-corrected chi connectivity index (χ2v) is 4.29. The summed E-state index contributed by atoms with van der Waals surface area (Å²) in [6, 6.07) is 5.59. The summed E-state index contributed by atoms with van der Waals surface area (Å²) < 4.78 is 7.27. The number of hydrogen-bond acceptors (Lipinski definition) is 3. The Morgan fingerprint density at radius 1 is 1.35 bits per heavy atom. The van der Waals surface area contributed by atoms with Crippen LogP contribution in [0.4, 0.5) is 5.69 Å². The smallest absolute Gasteiger partial charge is 0.144 e. The number of nitrogen functional groups attached to an aromatic ring is 1. The quantitative estimate of drug-likeness (QED) is 0.826. The van der Waals surface area contributed by atoms with Crippen molar-refractivity contribution in [3.63, 3.8) is 0 Å². The van der Waals surface area contributed by atoms with Gasteiger partial charge in [-0.05, 0) is 18.1 Å². The maximum absolute atomic E-state index is 5.73. The van der Waals surface area contributed by atoms with Crippen LogP contribution in [0.2, 0.25) is 0 Å². The van der Waals surface area contributed by atoms with Crippen LogP contribution in [0, 0.1) is 0 Å². The van der Waals surface area contributed by atoms with Crippen LogP contribution < -0.4 is 10.5 Å². The third kappa shape index (κ3) is 2.25. The Morgan fingerprint density at radius 2 is 2.12 bits per heavy atom. The molecule has 0 atom stereocenters. The van der Waals surface area contributed by atoms with E-state index in [1.54, 1.807) is 13.4 Å². The summed E-state index contributed by atoms with van der Waals surface area (Å²) in [6.45, 7) is 4.24. The van der Waals surface area contributed by atoms with Gasteiger partial charge >= 0.3 is 0 Å². The number of rotatable bonds is 3. The maximum atomic E-state index is 5.73.